The fourth-order valence-corrected chi connectivity index (χ4v) is 5.10. The number of nitrogens with zero attached hydrogens (tertiary/aromatic N) is 3. The predicted molar refractivity (Wildman–Crippen MR) is 103 cm³/mol. The van der Waals surface area contributed by atoms with Gasteiger partial charge in [-0.1, -0.05) is 12.1 Å². The molecule has 5 rings (SSSR count). The highest BCUT2D eigenvalue weighted by atomic mass is 32.2. The molecule has 2 aromatic carbocycles. The molecule has 3 heterocycles. The van der Waals surface area contributed by atoms with Gasteiger partial charge in [0, 0.05) is 24.6 Å². The zero-order valence-electron chi connectivity index (χ0n) is 14.4. The number of nitrogens with one attached hydrogen (secondary N) is 1. The molecule has 0 spiro atoms. The van der Waals surface area contributed by atoms with Crippen molar-refractivity contribution >= 4 is 38.6 Å². The fraction of sp³-hybridized carbons (Fsp3) is 0.176. The van der Waals surface area contributed by atoms with Gasteiger partial charge < -0.3 is 9.64 Å². The Labute approximate surface area is 163 Å². The number of fused-ring (bicyclic) bond motifs is 3. The molecule has 9 nitrogen and oxygen atoms in total. The van der Waals surface area contributed by atoms with E-state index in [9.17, 15) is 12.6 Å². The minimum atomic E-state index is -3.75. The maximum atomic E-state index is 12.5. The van der Waals surface area contributed by atoms with Gasteiger partial charge >= 0.3 is 11.3 Å². The summed E-state index contributed by atoms with van der Waals surface area (Å²) in [4.78, 5) is 2.07. The van der Waals surface area contributed by atoms with Crippen molar-refractivity contribution in [3.63, 3.8) is 0 Å². The summed E-state index contributed by atoms with van der Waals surface area (Å²) in [5.74, 6) is 1.77. The number of anilines is 1. The van der Waals surface area contributed by atoms with E-state index in [2.05, 4.69) is 18.6 Å². The smallest absolute Gasteiger partial charge is 0.338 e. The summed E-state index contributed by atoms with van der Waals surface area (Å²) in [6.07, 6.45) is 1.54. The zero-order chi connectivity index (χ0) is 19.3. The number of ether oxygens (including phenoxy) is 1. The second kappa shape index (κ2) is 6.31. The van der Waals surface area contributed by atoms with Gasteiger partial charge in [0.05, 0.1) is 5.69 Å². The van der Waals surface area contributed by atoms with E-state index < -0.39 is 21.3 Å². The van der Waals surface area contributed by atoms with Crippen LogP contribution in [0.1, 0.15) is 18.4 Å². The number of hydrogen-bond acceptors (Lipinski definition) is 7. The van der Waals surface area contributed by atoms with Crippen LogP contribution >= 0.6 is 0 Å². The Balaban J connectivity index is 1.46. The summed E-state index contributed by atoms with van der Waals surface area (Å²) in [6, 6.07) is 11.9. The second-order valence-electron chi connectivity index (χ2n) is 6.35. The Morgan fingerprint density at radius 2 is 2.04 bits per heavy atom. The van der Waals surface area contributed by atoms with Crippen LogP contribution < -0.4 is 14.4 Å². The van der Waals surface area contributed by atoms with Crippen molar-refractivity contribution in [3.05, 3.63) is 48.0 Å². The molecule has 144 valence electrons. The Hall–Kier alpha value is -2.92. The highest BCUT2D eigenvalue weighted by molar-refractivity contribution is 7.90. The lowest BCUT2D eigenvalue weighted by Gasteiger charge is -2.25. The van der Waals surface area contributed by atoms with Crippen molar-refractivity contribution < 1.29 is 21.6 Å². The van der Waals surface area contributed by atoms with Gasteiger partial charge in [0.15, 0.2) is 5.84 Å². The number of amidine groups is 2. The molecule has 0 aliphatic carbocycles. The maximum Gasteiger partial charge on any atom is 0.338 e. The molecule has 3 aliphatic rings. The molecule has 28 heavy (non-hydrogen) atoms. The first kappa shape index (κ1) is 17.2. The third-order valence-corrected chi connectivity index (χ3v) is 6.44. The van der Waals surface area contributed by atoms with Crippen LogP contribution in [0, 0.1) is 0 Å². The third-order valence-electron chi connectivity index (χ3n) is 4.54. The molecule has 0 amide bonds. The van der Waals surface area contributed by atoms with Crippen LogP contribution in [-0.2, 0) is 25.6 Å². The average molecular weight is 418 g/mol. The van der Waals surface area contributed by atoms with E-state index in [1.807, 2.05) is 4.90 Å². The van der Waals surface area contributed by atoms with E-state index in [1.54, 1.807) is 36.4 Å². The minimum absolute atomic E-state index is 0.137. The van der Waals surface area contributed by atoms with Crippen LogP contribution in [0.2, 0.25) is 0 Å². The molecule has 0 bridgehead atoms. The Morgan fingerprint density at radius 3 is 2.86 bits per heavy atom. The van der Waals surface area contributed by atoms with E-state index in [-0.39, 0.29) is 4.90 Å². The maximum absolute atomic E-state index is 12.5. The summed E-state index contributed by atoms with van der Waals surface area (Å²) >= 11 is -1.69. The van der Waals surface area contributed by atoms with Crippen LogP contribution in [0.25, 0.3) is 0 Å². The fourth-order valence-electron chi connectivity index (χ4n) is 3.33. The largest absolute Gasteiger partial charge is 0.457 e. The second-order valence-corrected chi connectivity index (χ2v) is 8.74. The van der Waals surface area contributed by atoms with Crippen LogP contribution in [0.4, 0.5) is 5.69 Å². The summed E-state index contributed by atoms with van der Waals surface area (Å²) in [5, 5.41) is 3.69. The van der Waals surface area contributed by atoms with Crippen LogP contribution in [0.3, 0.4) is 0 Å². The van der Waals surface area contributed by atoms with Crippen LogP contribution in [0.5, 0.6) is 11.5 Å². The Kier molecular flexibility index (Phi) is 3.88. The Morgan fingerprint density at radius 1 is 1.18 bits per heavy atom. The van der Waals surface area contributed by atoms with Crippen molar-refractivity contribution in [2.45, 2.75) is 17.7 Å². The lowest BCUT2D eigenvalue weighted by molar-refractivity contribution is 0.385. The molecule has 1 unspecified atom stereocenters. The molecular formula is C17H14N4O5S2. The first-order valence-electron chi connectivity index (χ1n) is 8.47. The highest BCUT2D eigenvalue weighted by Crippen LogP contribution is 2.38. The van der Waals surface area contributed by atoms with Gasteiger partial charge in [0.2, 0.25) is 0 Å². The highest BCUT2D eigenvalue weighted by Gasteiger charge is 2.33. The first-order valence-corrected chi connectivity index (χ1v) is 11.0. The lowest BCUT2D eigenvalue weighted by atomic mass is 10.2. The van der Waals surface area contributed by atoms with E-state index in [4.69, 9.17) is 4.74 Å². The number of oxime groups is 1. The van der Waals surface area contributed by atoms with Gasteiger partial charge in [-0.3, -0.25) is 9.01 Å². The minimum Gasteiger partial charge on any atom is -0.457 e. The normalized spacial score (nSPS) is 21.7. The topological polar surface area (TPSA) is 110 Å². The zero-order valence-corrected chi connectivity index (χ0v) is 16.0. The van der Waals surface area contributed by atoms with Crippen molar-refractivity contribution in [2.24, 2.45) is 9.55 Å². The number of benzene rings is 2. The van der Waals surface area contributed by atoms with Gasteiger partial charge in [0.25, 0.3) is 10.0 Å². The third kappa shape index (κ3) is 2.92. The van der Waals surface area contributed by atoms with Crippen LogP contribution in [0.15, 0.2) is 56.9 Å². The summed E-state index contributed by atoms with van der Waals surface area (Å²) in [7, 11) is -3.75. The van der Waals surface area contributed by atoms with Gasteiger partial charge in [0.1, 0.15) is 22.2 Å². The molecular weight excluding hydrogens is 404 g/mol. The quantitative estimate of drug-likeness (QED) is 0.817. The molecule has 0 saturated carbocycles. The number of sulfonamides is 1. The van der Waals surface area contributed by atoms with Crippen molar-refractivity contribution in [1.82, 2.24) is 4.72 Å². The number of rotatable bonds is 3. The molecule has 1 fully saturated rings. The monoisotopic (exact) mass is 418 g/mol. The molecule has 0 aromatic heterocycles. The average Bonchev–Trinajstić information content (AvgIpc) is 3.30. The Bertz CT molecular complexity index is 1180. The van der Waals surface area contributed by atoms with E-state index >= 15 is 0 Å². The van der Waals surface area contributed by atoms with E-state index in [0.29, 0.717) is 40.8 Å². The molecule has 1 saturated heterocycles. The van der Waals surface area contributed by atoms with Gasteiger partial charge in [-0.2, -0.15) is 12.6 Å². The van der Waals surface area contributed by atoms with Gasteiger partial charge in [-0.15, -0.1) is 4.40 Å². The molecule has 3 aliphatic heterocycles. The molecule has 2 aromatic rings. The van der Waals surface area contributed by atoms with Crippen LogP contribution in [-0.4, -0.2) is 30.8 Å². The van der Waals surface area contributed by atoms with Crippen molar-refractivity contribution in [1.29, 1.82) is 0 Å². The summed E-state index contributed by atoms with van der Waals surface area (Å²) in [6.45, 7) is 0.752. The SMILES string of the molecule is O=S1NC(c2cccc(Oc3ccc4c(c3)S(=O)(=O)N=C3CCCN34)c2)=NO1. The summed E-state index contributed by atoms with van der Waals surface area (Å²) in [5.41, 5.74) is 1.26. The standard InChI is InChI=1S/C17H14N4O5S2/c22-27-19-17(18-26-27)11-3-1-4-12(9-11)25-13-6-7-14-15(10-13)28(23,24)20-16-5-2-8-21(14)16/h1,3-4,6-7,9-10H,2,5,8H2,(H,18,19). The predicted octanol–water partition coefficient (Wildman–Crippen LogP) is 2.04. The lowest BCUT2D eigenvalue weighted by Crippen LogP contribution is -2.30. The first-order chi connectivity index (χ1) is 13.5. The van der Waals surface area contributed by atoms with Crippen molar-refractivity contribution in [3.8, 4) is 11.5 Å². The van der Waals surface area contributed by atoms with E-state index in [0.717, 1.165) is 13.0 Å². The van der Waals surface area contributed by atoms with E-state index in [1.165, 1.54) is 6.07 Å². The van der Waals surface area contributed by atoms with Gasteiger partial charge in [-0.25, -0.2) is 0 Å². The molecule has 1 N–H and O–H groups in total. The molecule has 1 atom stereocenters. The molecule has 11 heteroatoms. The van der Waals surface area contributed by atoms with Gasteiger partial charge in [-0.05, 0) is 35.8 Å². The number of hydrogen-bond donors (Lipinski definition) is 1. The molecule has 0 radical (unpaired) electrons. The summed E-state index contributed by atoms with van der Waals surface area (Å²) < 4.78 is 53.3. The van der Waals surface area contributed by atoms with Crippen molar-refractivity contribution in [2.75, 3.05) is 11.4 Å².